The van der Waals surface area contributed by atoms with Crippen molar-refractivity contribution >= 4 is 48.1 Å². The minimum absolute atomic E-state index is 0.0384. The third-order valence-electron chi connectivity index (χ3n) is 4.74. The predicted molar refractivity (Wildman–Crippen MR) is 130 cm³/mol. The lowest BCUT2D eigenvalue weighted by molar-refractivity contribution is -0.142. The highest BCUT2D eigenvalue weighted by molar-refractivity contribution is 7.98. The van der Waals surface area contributed by atoms with E-state index in [1.165, 1.54) is 18.7 Å². The Morgan fingerprint density at radius 3 is 2.15 bits per heavy atom. The Morgan fingerprint density at radius 2 is 1.64 bits per heavy atom. The number of aliphatic hydroxyl groups is 1. The lowest BCUT2D eigenvalue weighted by atomic mass is 10.0. The zero-order valence-electron chi connectivity index (χ0n) is 18.6. The van der Waals surface area contributed by atoms with Gasteiger partial charge in [0.15, 0.2) is 0 Å². The van der Waals surface area contributed by atoms with Gasteiger partial charge in [0.2, 0.25) is 17.7 Å². The van der Waals surface area contributed by atoms with Crippen LogP contribution in [-0.2, 0) is 25.6 Å². The van der Waals surface area contributed by atoms with Crippen LogP contribution in [0.3, 0.4) is 0 Å². The lowest BCUT2D eigenvalue weighted by Gasteiger charge is -2.26. The molecule has 7 N–H and O–H groups in total. The molecule has 5 atom stereocenters. The molecule has 1 rings (SSSR count). The number of aliphatic hydroxyl groups excluding tert-OH is 1. The van der Waals surface area contributed by atoms with Gasteiger partial charge in [-0.25, -0.2) is 4.79 Å². The van der Waals surface area contributed by atoms with E-state index in [0.717, 1.165) is 5.56 Å². The van der Waals surface area contributed by atoms with Crippen LogP contribution in [0.5, 0.6) is 0 Å². The first-order valence-corrected chi connectivity index (χ1v) is 12.3. The Hall–Kier alpha value is -2.28. The van der Waals surface area contributed by atoms with E-state index < -0.39 is 54.0 Å². The van der Waals surface area contributed by atoms with Crippen LogP contribution >= 0.6 is 24.4 Å². The number of hydrogen-bond donors (Lipinski definition) is 7. The van der Waals surface area contributed by atoms with E-state index in [9.17, 15) is 29.4 Å². The number of nitrogens with two attached hydrogens (primary N) is 1. The number of aliphatic carboxylic acids is 1. The molecule has 0 aliphatic rings. The Morgan fingerprint density at radius 1 is 1.03 bits per heavy atom. The number of thioether (sulfide) groups is 1. The second kappa shape index (κ2) is 14.8. The number of carboxylic acids is 1. The van der Waals surface area contributed by atoms with Gasteiger partial charge in [0.1, 0.15) is 18.1 Å². The average Bonchev–Trinajstić information content (AvgIpc) is 2.78. The lowest BCUT2D eigenvalue weighted by Crippen LogP contribution is -2.60. The number of carbonyl (C=O) groups excluding carboxylic acids is 3. The van der Waals surface area contributed by atoms with Gasteiger partial charge in [0.25, 0.3) is 0 Å². The van der Waals surface area contributed by atoms with Gasteiger partial charge in [-0.1, -0.05) is 30.3 Å². The van der Waals surface area contributed by atoms with Gasteiger partial charge in [-0.15, -0.1) is 0 Å². The molecule has 0 heterocycles. The van der Waals surface area contributed by atoms with Crippen molar-refractivity contribution in [2.75, 3.05) is 17.8 Å². The molecule has 12 heteroatoms. The molecule has 10 nitrogen and oxygen atoms in total. The third-order valence-corrected chi connectivity index (χ3v) is 5.77. The second-order valence-corrected chi connectivity index (χ2v) is 8.80. The summed E-state index contributed by atoms with van der Waals surface area (Å²) in [6.07, 6.45) is 0.839. The van der Waals surface area contributed by atoms with E-state index in [2.05, 4.69) is 28.6 Å². The van der Waals surface area contributed by atoms with E-state index in [4.69, 9.17) is 5.73 Å². The summed E-state index contributed by atoms with van der Waals surface area (Å²) in [6, 6.07) is 4.23. The monoisotopic (exact) mass is 500 g/mol. The fourth-order valence-electron chi connectivity index (χ4n) is 2.84. The van der Waals surface area contributed by atoms with Crippen molar-refractivity contribution < 1.29 is 29.4 Å². The standard InChI is InChI=1S/C21H32N4O6S2/c1-12(26)17(25-18(27)14(22)11-32)20(29)23-15(8-9-33-2)19(28)24-16(21(30)31)10-13-6-4-3-5-7-13/h3-7,12,14-17,26,32H,8-11,22H2,1-2H3,(H,23,29)(H,24,28)(H,25,27)(H,30,31). The van der Waals surface area contributed by atoms with Crippen LogP contribution in [0.15, 0.2) is 30.3 Å². The van der Waals surface area contributed by atoms with Gasteiger partial charge in [-0.2, -0.15) is 24.4 Å². The van der Waals surface area contributed by atoms with Crippen LogP contribution < -0.4 is 21.7 Å². The summed E-state index contributed by atoms with van der Waals surface area (Å²) >= 11 is 5.38. The molecule has 0 bridgehead atoms. The molecule has 5 unspecified atom stereocenters. The number of carboxylic acid groups (broad SMARTS) is 1. The molecule has 184 valence electrons. The Bertz CT molecular complexity index is 796. The summed E-state index contributed by atoms with van der Waals surface area (Å²) in [5.41, 5.74) is 6.33. The van der Waals surface area contributed by atoms with Gasteiger partial charge in [0, 0.05) is 12.2 Å². The van der Waals surface area contributed by atoms with E-state index in [-0.39, 0.29) is 18.6 Å². The summed E-state index contributed by atoms with van der Waals surface area (Å²) in [5.74, 6) is -2.81. The molecule has 0 spiro atoms. The van der Waals surface area contributed by atoms with Gasteiger partial charge in [-0.05, 0) is 30.9 Å². The number of hydrogen-bond acceptors (Lipinski definition) is 8. The maximum atomic E-state index is 12.9. The number of nitrogens with one attached hydrogen (secondary N) is 3. The van der Waals surface area contributed by atoms with Crippen LogP contribution in [0.2, 0.25) is 0 Å². The van der Waals surface area contributed by atoms with Crippen molar-refractivity contribution in [1.29, 1.82) is 0 Å². The molecule has 0 radical (unpaired) electrons. The van der Waals surface area contributed by atoms with Crippen molar-refractivity contribution in [2.24, 2.45) is 5.73 Å². The third kappa shape index (κ3) is 10.0. The number of thiol groups is 1. The molecule has 3 amide bonds. The van der Waals surface area contributed by atoms with Gasteiger partial charge >= 0.3 is 5.97 Å². The quantitative estimate of drug-likeness (QED) is 0.162. The highest BCUT2D eigenvalue weighted by Gasteiger charge is 2.32. The molecule has 1 aromatic carbocycles. The van der Waals surface area contributed by atoms with Crippen LogP contribution in [-0.4, -0.2) is 81.9 Å². The molecule has 0 aliphatic heterocycles. The molecular formula is C21H32N4O6S2. The van der Waals surface area contributed by atoms with Crippen LogP contribution in [0.4, 0.5) is 0 Å². The summed E-state index contributed by atoms with van der Waals surface area (Å²) < 4.78 is 0. The largest absolute Gasteiger partial charge is 0.480 e. The van der Waals surface area contributed by atoms with Crippen molar-refractivity contribution in [1.82, 2.24) is 16.0 Å². The summed E-state index contributed by atoms with van der Waals surface area (Å²) in [5, 5.41) is 26.9. The van der Waals surface area contributed by atoms with Crippen molar-refractivity contribution in [3.05, 3.63) is 35.9 Å². The Kier molecular flexibility index (Phi) is 12.9. The van der Waals surface area contributed by atoms with Gasteiger partial charge in [0.05, 0.1) is 12.1 Å². The molecule has 33 heavy (non-hydrogen) atoms. The number of amides is 3. The highest BCUT2D eigenvalue weighted by atomic mass is 32.2. The fourth-order valence-corrected chi connectivity index (χ4v) is 3.47. The minimum Gasteiger partial charge on any atom is -0.480 e. The Balaban J connectivity index is 2.94. The SMILES string of the molecule is CSCCC(NC(=O)C(NC(=O)C(N)CS)C(C)O)C(=O)NC(Cc1ccccc1)C(=O)O. The summed E-state index contributed by atoms with van der Waals surface area (Å²) in [6.45, 7) is 1.31. The first kappa shape index (κ1) is 28.8. The number of carbonyl (C=O) groups is 4. The zero-order chi connectivity index (χ0) is 25.0. The van der Waals surface area contributed by atoms with Crippen molar-refractivity contribution in [2.45, 2.75) is 50.0 Å². The molecule has 0 aliphatic carbocycles. The van der Waals surface area contributed by atoms with Crippen molar-refractivity contribution in [3.63, 3.8) is 0 Å². The van der Waals surface area contributed by atoms with Crippen molar-refractivity contribution in [3.8, 4) is 0 Å². The first-order chi connectivity index (χ1) is 15.6. The predicted octanol–water partition coefficient (Wildman–Crippen LogP) is -0.841. The van der Waals surface area contributed by atoms with E-state index >= 15 is 0 Å². The smallest absolute Gasteiger partial charge is 0.326 e. The van der Waals surface area contributed by atoms with E-state index in [1.807, 2.05) is 6.26 Å². The maximum absolute atomic E-state index is 12.9. The normalized spacial score (nSPS) is 15.4. The minimum atomic E-state index is -1.35. The van der Waals surface area contributed by atoms with Crippen LogP contribution in [0.1, 0.15) is 18.9 Å². The zero-order valence-corrected chi connectivity index (χ0v) is 20.3. The van der Waals surface area contributed by atoms with Gasteiger partial charge < -0.3 is 31.9 Å². The number of benzene rings is 1. The molecule has 0 saturated heterocycles. The molecule has 1 aromatic rings. The molecule has 0 aromatic heterocycles. The molecular weight excluding hydrogens is 468 g/mol. The molecule has 0 fully saturated rings. The summed E-state index contributed by atoms with van der Waals surface area (Å²) in [4.78, 5) is 49.4. The number of rotatable bonds is 14. The average molecular weight is 501 g/mol. The fraction of sp³-hybridized carbons (Fsp3) is 0.524. The van der Waals surface area contributed by atoms with E-state index in [1.54, 1.807) is 30.3 Å². The molecule has 0 saturated carbocycles. The Labute approximate surface area is 202 Å². The second-order valence-electron chi connectivity index (χ2n) is 7.45. The maximum Gasteiger partial charge on any atom is 0.326 e. The topological polar surface area (TPSA) is 171 Å². The summed E-state index contributed by atoms with van der Waals surface area (Å²) in [7, 11) is 0. The van der Waals surface area contributed by atoms with E-state index in [0.29, 0.717) is 5.75 Å². The van der Waals surface area contributed by atoms with Gasteiger partial charge in [-0.3, -0.25) is 14.4 Å². The van der Waals surface area contributed by atoms with Crippen LogP contribution in [0, 0.1) is 0 Å². The van der Waals surface area contributed by atoms with Crippen LogP contribution in [0.25, 0.3) is 0 Å². The first-order valence-electron chi connectivity index (χ1n) is 10.3. The highest BCUT2D eigenvalue weighted by Crippen LogP contribution is 2.07.